The maximum atomic E-state index is 13.2. The first-order valence-electron chi connectivity index (χ1n) is 6.67. The number of benzene rings is 2. The molecule has 2 aromatic rings. The average Bonchev–Trinajstić information content (AvgIpc) is 2.46. The molecule has 0 aromatic heterocycles. The summed E-state index contributed by atoms with van der Waals surface area (Å²) in [5.74, 6) is 0. The molecule has 20 heavy (non-hydrogen) atoms. The van der Waals surface area contributed by atoms with Crippen molar-refractivity contribution in [2.45, 2.75) is 25.4 Å². The first-order valence-corrected chi connectivity index (χ1v) is 7.79. The van der Waals surface area contributed by atoms with E-state index < -0.39 is 12.5 Å². The summed E-state index contributed by atoms with van der Waals surface area (Å²) in [4.78, 5) is 0. The van der Waals surface area contributed by atoms with Gasteiger partial charge in [-0.2, -0.15) is 0 Å². The zero-order chi connectivity index (χ0) is 14.4. The molecule has 2 rings (SSSR count). The van der Waals surface area contributed by atoms with E-state index >= 15 is 0 Å². The third kappa shape index (κ3) is 4.00. The van der Waals surface area contributed by atoms with E-state index in [9.17, 15) is 8.78 Å². The number of alkyl halides is 3. The van der Waals surface area contributed by atoms with Gasteiger partial charge in [0.25, 0.3) is 6.43 Å². The van der Waals surface area contributed by atoms with E-state index in [1.54, 1.807) is 12.1 Å². The van der Waals surface area contributed by atoms with Crippen LogP contribution >= 0.6 is 15.9 Å². The minimum absolute atomic E-state index is 0.355. The van der Waals surface area contributed by atoms with Crippen molar-refractivity contribution in [3.8, 4) is 0 Å². The number of hydrogen-bond acceptors (Lipinski definition) is 1. The van der Waals surface area contributed by atoms with E-state index in [0.717, 1.165) is 28.9 Å². The molecule has 1 nitrogen and oxygen atoms in total. The van der Waals surface area contributed by atoms with Crippen molar-refractivity contribution in [3.05, 3.63) is 48.0 Å². The lowest BCUT2D eigenvalue weighted by molar-refractivity contribution is -0.0584. The molecule has 0 radical (unpaired) electrons. The predicted octanol–water partition coefficient (Wildman–Crippen LogP) is 5.34. The Balaban J connectivity index is 2.14. The number of halogens is 3. The Hall–Kier alpha value is -1.00. The van der Waals surface area contributed by atoms with E-state index in [4.69, 9.17) is 4.74 Å². The van der Waals surface area contributed by atoms with E-state index in [1.807, 2.05) is 30.3 Å². The largest absolute Gasteiger partial charge is 0.368 e. The molecule has 0 N–H and O–H groups in total. The van der Waals surface area contributed by atoms with Crippen LogP contribution in [-0.4, -0.2) is 18.4 Å². The van der Waals surface area contributed by atoms with Gasteiger partial charge >= 0.3 is 0 Å². The van der Waals surface area contributed by atoms with Gasteiger partial charge < -0.3 is 4.74 Å². The molecule has 0 spiro atoms. The first kappa shape index (κ1) is 15.4. The second kappa shape index (κ2) is 7.70. The summed E-state index contributed by atoms with van der Waals surface area (Å²) in [5.41, 5.74) is 0.539. The quantitative estimate of drug-likeness (QED) is 0.487. The Morgan fingerprint density at radius 3 is 2.45 bits per heavy atom. The molecule has 4 heteroatoms. The molecule has 1 atom stereocenters. The molecule has 0 heterocycles. The average molecular weight is 343 g/mol. The Labute approximate surface area is 126 Å². The number of hydrogen-bond donors (Lipinski definition) is 0. The van der Waals surface area contributed by atoms with Crippen molar-refractivity contribution in [3.63, 3.8) is 0 Å². The summed E-state index contributed by atoms with van der Waals surface area (Å²) in [6.07, 6.45) is -1.95. The summed E-state index contributed by atoms with van der Waals surface area (Å²) >= 11 is 3.31. The molecule has 0 aliphatic rings. The normalized spacial score (nSPS) is 13.0. The van der Waals surface area contributed by atoms with Crippen LogP contribution in [0.4, 0.5) is 8.78 Å². The van der Waals surface area contributed by atoms with Crippen LogP contribution in [0.3, 0.4) is 0 Å². The van der Waals surface area contributed by atoms with Crippen LogP contribution in [0.2, 0.25) is 0 Å². The van der Waals surface area contributed by atoms with Gasteiger partial charge in [0, 0.05) is 11.9 Å². The molecule has 0 amide bonds. The number of unbranched alkanes of at least 4 members (excludes halogenated alkanes) is 1. The fourth-order valence-corrected chi connectivity index (χ4v) is 2.50. The molecule has 0 saturated carbocycles. The highest BCUT2D eigenvalue weighted by Crippen LogP contribution is 2.28. The van der Waals surface area contributed by atoms with Gasteiger partial charge in [0.2, 0.25) is 0 Å². The van der Waals surface area contributed by atoms with Gasteiger partial charge in [0.15, 0.2) is 0 Å². The van der Waals surface area contributed by atoms with Gasteiger partial charge in [-0.25, -0.2) is 8.78 Å². The summed E-state index contributed by atoms with van der Waals surface area (Å²) < 4.78 is 31.7. The predicted molar refractivity (Wildman–Crippen MR) is 81.7 cm³/mol. The van der Waals surface area contributed by atoms with Crippen LogP contribution in [0.25, 0.3) is 10.8 Å². The van der Waals surface area contributed by atoms with Crippen LogP contribution in [-0.2, 0) is 4.74 Å². The molecule has 0 fully saturated rings. The lowest BCUT2D eigenvalue weighted by Crippen LogP contribution is -2.14. The van der Waals surface area contributed by atoms with E-state index in [0.29, 0.717) is 12.2 Å². The highest BCUT2D eigenvalue weighted by molar-refractivity contribution is 9.09. The lowest BCUT2D eigenvalue weighted by Gasteiger charge is -2.18. The molecule has 108 valence electrons. The van der Waals surface area contributed by atoms with Crippen molar-refractivity contribution in [2.75, 3.05) is 11.9 Å². The number of fused-ring (bicyclic) bond motifs is 1. The Morgan fingerprint density at radius 2 is 1.75 bits per heavy atom. The van der Waals surface area contributed by atoms with Crippen LogP contribution < -0.4 is 0 Å². The second-order valence-corrected chi connectivity index (χ2v) is 5.42. The smallest absolute Gasteiger partial charge is 0.268 e. The third-order valence-corrected chi connectivity index (χ3v) is 3.72. The van der Waals surface area contributed by atoms with Gasteiger partial charge in [0.1, 0.15) is 6.10 Å². The van der Waals surface area contributed by atoms with Crippen molar-refractivity contribution in [2.24, 2.45) is 0 Å². The topological polar surface area (TPSA) is 9.23 Å². The molecule has 1 unspecified atom stereocenters. The van der Waals surface area contributed by atoms with Crippen molar-refractivity contribution in [1.29, 1.82) is 0 Å². The van der Waals surface area contributed by atoms with E-state index in [-0.39, 0.29) is 0 Å². The molecule has 0 aliphatic heterocycles. The number of rotatable bonds is 7. The molecular weight excluding hydrogens is 326 g/mol. The second-order valence-electron chi connectivity index (χ2n) is 4.63. The highest BCUT2D eigenvalue weighted by Gasteiger charge is 2.23. The molecule has 0 aliphatic carbocycles. The van der Waals surface area contributed by atoms with Crippen molar-refractivity contribution >= 4 is 26.7 Å². The highest BCUT2D eigenvalue weighted by atomic mass is 79.9. The van der Waals surface area contributed by atoms with Crippen molar-refractivity contribution < 1.29 is 13.5 Å². The van der Waals surface area contributed by atoms with E-state index in [1.165, 1.54) is 0 Å². The zero-order valence-corrected chi connectivity index (χ0v) is 12.7. The van der Waals surface area contributed by atoms with Crippen molar-refractivity contribution in [1.82, 2.24) is 0 Å². The fraction of sp³-hybridized carbons (Fsp3) is 0.375. The van der Waals surface area contributed by atoms with Gasteiger partial charge in [-0.1, -0.05) is 52.3 Å². The summed E-state index contributed by atoms with van der Waals surface area (Å²) in [6, 6.07) is 13.1. The van der Waals surface area contributed by atoms with Gasteiger partial charge in [-0.3, -0.25) is 0 Å². The minimum atomic E-state index is -2.51. The Kier molecular flexibility index (Phi) is 5.92. The maximum absolute atomic E-state index is 13.2. The molecule has 2 aromatic carbocycles. The first-order chi connectivity index (χ1) is 9.72. The van der Waals surface area contributed by atoms with Crippen LogP contribution in [0.15, 0.2) is 42.5 Å². The minimum Gasteiger partial charge on any atom is -0.368 e. The monoisotopic (exact) mass is 342 g/mol. The molecule has 0 saturated heterocycles. The van der Waals surface area contributed by atoms with Gasteiger partial charge in [-0.05, 0) is 35.2 Å². The Morgan fingerprint density at radius 1 is 1.00 bits per heavy atom. The fourth-order valence-electron chi connectivity index (χ4n) is 2.11. The lowest BCUT2D eigenvalue weighted by atomic mass is 10.0. The molecule has 0 bridgehead atoms. The van der Waals surface area contributed by atoms with Gasteiger partial charge in [0.05, 0.1) is 0 Å². The summed E-state index contributed by atoms with van der Waals surface area (Å²) in [7, 11) is 0. The standard InChI is InChI=1S/C16H17BrF2O/c17-9-3-4-10-20-15(16(18)19)14-8-7-12-5-1-2-6-13(12)11-14/h1-2,5-8,11,15-16H,3-4,9-10H2. The van der Waals surface area contributed by atoms with Crippen LogP contribution in [0, 0.1) is 0 Å². The number of ether oxygens (including phenoxy) is 1. The Bertz CT molecular complexity index is 545. The summed E-state index contributed by atoms with van der Waals surface area (Å²) in [5, 5.41) is 2.87. The maximum Gasteiger partial charge on any atom is 0.268 e. The van der Waals surface area contributed by atoms with Gasteiger partial charge in [-0.15, -0.1) is 0 Å². The van der Waals surface area contributed by atoms with E-state index in [2.05, 4.69) is 15.9 Å². The third-order valence-electron chi connectivity index (χ3n) is 3.16. The van der Waals surface area contributed by atoms with Crippen LogP contribution in [0.1, 0.15) is 24.5 Å². The summed E-state index contributed by atoms with van der Waals surface area (Å²) in [6.45, 7) is 0.355. The van der Waals surface area contributed by atoms with Crippen LogP contribution in [0.5, 0.6) is 0 Å². The SMILES string of the molecule is FC(F)C(OCCCCBr)c1ccc2ccccc2c1. The molecular formula is C16H17BrF2O. The zero-order valence-electron chi connectivity index (χ0n) is 11.1.